The second-order valence-electron chi connectivity index (χ2n) is 4.08. The third kappa shape index (κ3) is 2.51. The van der Waals surface area contributed by atoms with Gasteiger partial charge < -0.3 is 18.1 Å². The van der Waals surface area contributed by atoms with Crippen LogP contribution in [0.15, 0.2) is 5.11 Å². The molecular formula is C10H10BF3N3O2-. The molecule has 0 amide bonds. The van der Waals surface area contributed by atoms with E-state index in [1.54, 1.807) is 0 Å². The van der Waals surface area contributed by atoms with Crippen LogP contribution in [0.25, 0.3) is 10.4 Å². The second-order valence-corrected chi connectivity index (χ2v) is 4.08. The van der Waals surface area contributed by atoms with Crippen molar-refractivity contribution in [3.8, 4) is 0 Å². The van der Waals surface area contributed by atoms with Gasteiger partial charge in [-0.1, -0.05) is 16.2 Å². The van der Waals surface area contributed by atoms with Gasteiger partial charge in [0.1, 0.15) is 0 Å². The van der Waals surface area contributed by atoms with E-state index in [0.717, 1.165) is 6.92 Å². The van der Waals surface area contributed by atoms with Gasteiger partial charge in [-0.25, -0.2) is 4.79 Å². The summed E-state index contributed by atoms with van der Waals surface area (Å²) in [6.45, 7) is -1.81. The van der Waals surface area contributed by atoms with Gasteiger partial charge in [-0.2, -0.15) is 0 Å². The van der Waals surface area contributed by atoms with Crippen molar-refractivity contribution in [2.75, 3.05) is 0 Å². The molecule has 0 spiro atoms. The lowest BCUT2D eigenvalue weighted by molar-refractivity contribution is 0.0695. The molecule has 0 fully saturated rings. The fourth-order valence-corrected chi connectivity index (χ4v) is 2.23. The Balaban J connectivity index is 3.96. The van der Waals surface area contributed by atoms with Crippen LogP contribution in [0.5, 0.6) is 0 Å². The van der Waals surface area contributed by atoms with E-state index in [2.05, 4.69) is 10.0 Å². The van der Waals surface area contributed by atoms with Gasteiger partial charge >= 0.3 is 12.9 Å². The molecule has 0 bridgehead atoms. The number of nitrogens with zero attached hydrogens (tertiary/aromatic N) is 3. The first-order chi connectivity index (χ1) is 8.62. The molecule has 1 rings (SSSR count). The highest BCUT2D eigenvalue weighted by molar-refractivity contribution is 6.74. The first kappa shape index (κ1) is 14.9. The van der Waals surface area contributed by atoms with Gasteiger partial charge in [0.15, 0.2) is 0 Å². The molecule has 0 unspecified atom stereocenters. The van der Waals surface area contributed by atoms with Crippen LogP contribution in [0.1, 0.15) is 27.0 Å². The van der Waals surface area contributed by atoms with E-state index in [-0.39, 0.29) is 22.4 Å². The summed E-state index contributed by atoms with van der Waals surface area (Å²) < 4.78 is 39.1. The van der Waals surface area contributed by atoms with Crippen molar-refractivity contribution in [3.63, 3.8) is 0 Å². The summed E-state index contributed by atoms with van der Waals surface area (Å²) in [6, 6.07) is 0. The molecule has 0 saturated heterocycles. The average Bonchev–Trinajstić information content (AvgIpc) is 2.21. The van der Waals surface area contributed by atoms with Crippen molar-refractivity contribution in [3.05, 3.63) is 32.7 Å². The zero-order valence-corrected chi connectivity index (χ0v) is 10.4. The molecule has 0 aliphatic heterocycles. The molecular weight excluding hydrogens is 262 g/mol. The fraction of sp³-hybridized carbons (Fsp3) is 0.300. The average molecular weight is 272 g/mol. The first-order valence-corrected chi connectivity index (χ1v) is 5.24. The molecule has 0 aliphatic rings. The van der Waals surface area contributed by atoms with E-state index in [1.165, 1.54) is 13.8 Å². The monoisotopic (exact) mass is 272 g/mol. The van der Waals surface area contributed by atoms with E-state index in [0.29, 0.717) is 0 Å². The first-order valence-electron chi connectivity index (χ1n) is 5.24. The van der Waals surface area contributed by atoms with Crippen molar-refractivity contribution in [2.24, 2.45) is 5.11 Å². The van der Waals surface area contributed by atoms with Gasteiger partial charge in [0.2, 0.25) is 0 Å². The number of azide groups is 1. The van der Waals surface area contributed by atoms with E-state index in [4.69, 9.17) is 10.6 Å². The van der Waals surface area contributed by atoms with Crippen LogP contribution in [0.2, 0.25) is 0 Å². The number of benzene rings is 1. The third-order valence-corrected chi connectivity index (χ3v) is 2.95. The van der Waals surface area contributed by atoms with Crippen LogP contribution in [0.4, 0.5) is 18.6 Å². The highest BCUT2D eigenvalue weighted by Gasteiger charge is 2.33. The van der Waals surface area contributed by atoms with E-state index < -0.39 is 24.0 Å². The molecule has 102 valence electrons. The quantitative estimate of drug-likeness (QED) is 0.396. The summed E-state index contributed by atoms with van der Waals surface area (Å²) in [4.78, 5) is 13.5. The second kappa shape index (κ2) is 4.85. The molecule has 0 aromatic heterocycles. The predicted molar refractivity (Wildman–Crippen MR) is 65.1 cm³/mol. The van der Waals surface area contributed by atoms with E-state index >= 15 is 0 Å². The van der Waals surface area contributed by atoms with Crippen LogP contribution < -0.4 is 5.46 Å². The Bertz CT molecular complexity index is 578. The van der Waals surface area contributed by atoms with Gasteiger partial charge in [-0.05, 0) is 31.9 Å². The lowest BCUT2D eigenvalue weighted by Gasteiger charge is -2.25. The van der Waals surface area contributed by atoms with Crippen molar-refractivity contribution in [1.29, 1.82) is 0 Å². The van der Waals surface area contributed by atoms with Crippen LogP contribution in [0, 0.1) is 20.8 Å². The molecule has 0 atom stereocenters. The van der Waals surface area contributed by atoms with Gasteiger partial charge in [-0.3, -0.25) is 0 Å². The van der Waals surface area contributed by atoms with Crippen molar-refractivity contribution >= 4 is 24.1 Å². The van der Waals surface area contributed by atoms with Crippen molar-refractivity contribution in [1.82, 2.24) is 0 Å². The van der Waals surface area contributed by atoms with Gasteiger partial charge in [-0.15, -0.1) is 5.46 Å². The van der Waals surface area contributed by atoms with Crippen LogP contribution in [-0.4, -0.2) is 18.1 Å². The zero-order valence-electron chi connectivity index (χ0n) is 10.4. The lowest BCUT2D eigenvalue weighted by Crippen LogP contribution is -2.39. The summed E-state index contributed by atoms with van der Waals surface area (Å²) in [7, 11) is 0. The number of hydrogen-bond acceptors (Lipinski definition) is 2. The number of carboxylic acid groups (broad SMARTS) is 1. The summed E-state index contributed by atoms with van der Waals surface area (Å²) >= 11 is 0. The maximum absolute atomic E-state index is 13.0. The van der Waals surface area contributed by atoms with Crippen LogP contribution in [0.3, 0.4) is 0 Å². The number of carbonyl (C=O) groups is 1. The number of aromatic carboxylic acids is 1. The SMILES string of the molecule is Cc1c(N=[N+]=[N-])c(C)c([B-](F)(F)F)c(C)c1C(=O)O. The smallest absolute Gasteiger partial charge is 0.478 e. The Morgan fingerprint density at radius 2 is 1.74 bits per heavy atom. The van der Waals surface area contributed by atoms with Gasteiger partial charge in [0.25, 0.3) is 0 Å². The minimum atomic E-state index is -5.40. The maximum atomic E-state index is 13.0. The van der Waals surface area contributed by atoms with Gasteiger partial charge in [0, 0.05) is 10.6 Å². The van der Waals surface area contributed by atoms with Crippen LogP contribution in [-0.2, 0) is 0 Å². The minimum absolute atomic E-state index is 0.0316. The minimum Gasteiger partial charge on any atom is -0.478 e. The molecule has 19 heavy (non-hydrogen) atoms. The topological polar surface area (TPSA) is 86.1 Å². The normalized spacial score (nSPS) is 11.1. The Morgan fingerprint density at radius 1 is 1.21 bits per heavy atom. The maximum Gasteiger partial charge on any atom is 0.510 e. The standard InChI is InChI=1S/C10H10BF3N3O2/c1-4-7(10(18)19)5(2)9(16-17-15)6(3)8(4)11(12,13)14/h1-3H3,(H,18,19)/q-1. The number of rotatable bonds is 3. The van der Waals surface area contributed by atoms with E-state index in [1.807, 2.05) is 0 Å². The van der Waals surface area contributed by atoms with E-state index in [9.17, 15) is 17.7 Å². The van der Waals surface area contributed by atoms with Gasteiger partial charge in [0.05, 0.1) is 5.56 Å². The molecule has 9 heteroatoms. The molecule has 0 heterocycles. The molecule has 0 aliphatic carbocycles. The zero-order chi connectivity index (χ0) is 15.0. The summed E-state index contributed by atoms with van der Waals surface area (Å²) in [5.41, 5.74) is 6.07. The largest absolute Gasteiger partial charge is 0.510 e. The van der Waals surface area contributed by atoms with Crippen molar-refractivity contribution < 1.29 is 22.8 Å². The van der Waals surface area contributed by atoms with Crippen LogP contribution >= 0.6 is 0 Å². The molecule has 0 saturated carbocycles. The fourth-order valence-electron chi connectivity index (χ4n) is 2.23. The summed E-state index contributed by atoms with van der Waals surface area (Å²) in [5.74, 6) is -1.48. The Hall–Kier alpha value is -2.15. The highest BCUT2D eigenvalue weighted by atomic mass is 19.4. The highest BCUT2D eigenvalue weighted by Crippen LogP contribution is 2.31. The third-order valence-electron chi connectivity index (χ3n) is 2.95. The summed E-state index contributed by atoms with van der Waals surface area (Å²) in [5, 5.41) is 12.2. The Kier molecular flexibility index (Phi) is 3.81. The molecule has 1 N–H and O–H groups in total. The molecule has 1 aromatic rings. The molecule has 1 aromatic carbocycles. The number of hydrogen-bond donors (Lipinski definition) is 1. The Morgan fingerprint density at radius 3 is 2.11 bits per heavy atom. The predicted octanol–water partition coefficient (Wildman–Crippen LogP) is 3.31. The molecule has 0 radical (unpaired) electrons. The molecule has 5 nitrogen and oxygen atoms in total. The lowest BCUT2D eigenvalue weighted by atomic mass is 9.71. The number of halogens is 3. The number of carboxylic acids is 1. The Labute approximate surface area is 106 Å². The van der Waals surface area contributed by atoms with Crippen molar-refractivity contribution in [2.45, 2.75) is 20.8 Å². The summed E-state index contributed by atoms with van der Waals surface area (Å²) in [6.07, 6.45) is 0.